The Morgan fingerprint density at radius 1 is 1.13 bits per heavy atom. The van der Waals surface area contributed by atoms with Gasteiger partial charge >= 0.3 is 12.2 Å². The van der Waals surface area contributed by atoms with E-state index in [1.54, 1.807) is 53.5 Å². The van der Waals surface area contributed by atoms with Gasteiger partial charge in [-0.25, -0.2) is 27.4 Å². The van der Waals surface area contributed by atoms with Crippen molar-refractivity contribution in [3.05, 3.63) is 34.4 Å². The number of carbonyl (C=O) groups is 2. The molecule has 13 heteroatoms. The van der Waals surface area contributed by atoms with Crippen molar-refractivity contribution in [3.8, 4) is 0 Å². The van der Waals surface area contributed by atoms with Crippen molar-refractivity contribution in [1.29, 1.82) is 0 Å². The Kier molecular flexibility index (Phi) is 8.32. The third-order valence-electron chi connectivity index (χ3n) is 5.77. The number of ether oxygens (including phenoxy) is 2. The largest absolute Gasteiger partial charge is 0.444 e. The molecule has 1 saturated heterocycles. The second kappa shape index (κ2) is 10.7. The van der Waals surface area contributed by atoms with Crippen LogP contribution in [-0.4, -0.2) is 67.9 Å². The van der Waals surface area contributed by atoms with Gasteiger partial charge in [0.2, 0.25) is 0 Å². The minimum Gasteiger partial charge on any atom is -0.444 e. The van der Waals surface area contributed by atoms with Crippen molar-refractivity contribution in [2.75, 3.05) is 29.3 Å². The van der Waals surface area contributed by atoms with Crippen LogP contribution in [0, 0.1) is 12.7 Å². The minimum atomic E-state index is -4.71. The predicted octanol–water partition coefficient (Wildman–Crippen LogP) is 5.17. The number of rotatable bonds is 5. The van der Waals surface area contributed by atoms with E-state index in [-0.39, 0.29) is 17.4 Å². The highest BCUT2D eigenvalue weighted by Gasteiger charge is 2.39. The van der Waals surface area contributed by atoms with Crippen LogP contribution in [0.4, 0.5) is 25.5 Å². The first kappa shape index (κ1) is 29.6. The summed E-state index contributed by atoms with van der Waals surface area (Å²) in [6.45, 7) is 12.5. The van der Waals surface area contributed by atoms with Gasteiger partial charge in [0.15, 0.2) is 5.82 Å². The zero-order valence-electron chi connectivity index (χ0n) is 22.9. The number of benzene rings is 1. The van der Waals surface area contributed by atoms with E-state index in [2.05, 4.69) is 4.98 Å². The quantitative estimate of drug-likeness (QED) is 0.485. The molecule has 1 aromatic carbocycles. The predicted molar refractivity (Wildman–Crippen MR) is 144 cm³/mol. The number of halogens is 1. The third-order valence-corrected chi connectivity index (χ3v) is 8.03. The second-order valence-electron chi connectivity index (χ2n) is 11.1. The van der Waals surface area contributed by atoms with Crippen molar-refractivity contribution >= 4 is 45.1 Å². The van der Waals surface area contributed by atoms with Crippen LogP contribution in [0.25, 0.3) is 0 Å². The maximum Gasteiger partial charge on any atom is 0.430 e. The summed E-state index contributed by atoms with van der Waals surface area (Å²) in [6.07, 6.45) is -0.968. The molecule has 1 fully saturated rings. The molecule has 10 nitrogen and oxygen atoms in total. The van der Waals surface area contributed by atoms with Crippen molar-refractivity contribution in [3.63, 3.8) is 0 Å². The van der Waals surface area contributed by atoms with Crippen LogP contribution < -0.4 is 9.21 Å². The van der Waals surface area contributed by atoms with Crippen LogP contribution in [0.2, 0.25) is 0 Å². The molecule has 0 radical (unpaired) electrons. The van der Waals surface area contributed by atoms with E-state index in [0.29, 0.717) is 29.5 Å². The van der Waals surface area contributed by atoms with Crippen molar-refractivity contribution < 1.29 is 31.9 Å². The van der Waals surface area contributed by atoms with Crippen LogP contribution in [0.15, 0.2) is 27.9 Å². The molecule has 1 aromatic heterocycles. The second-order valence-corrected chi connectivity index (χ2v) is 13.6. The fraction of sp³-hybridized carbons (Fsp3) is 0.560. The Hall–Kier alpha value is -2.93. The SMILES string of the molecule is Cc1c(N(C)C2CCN(C(=O)OC(C)(C)C)C2)ccc(S(=O)(=O)N(C(=O)OC(C)(C)C)c2cscn2)c1F. The molecule has 0 aliphatic carbocycles. The summed E-state index contributed by atoms with van der Waals surface area (Å²) >= 11 is 1.09. The number of likely N-dealkylation sites (tertiary alicyclic amines) is 1. The molecular formula is C25H35FN4O6S2. The molecule has 2 heterocycles. The van der Waals surface area contributed by atoms with Crippen LogP contribution in [0.3, 0.4) is 0 Å². The number of anilines is 2. The van der Waals surface area contributed by atoms with Gasteiger partial charge in [0.05, 0.1) is 5.51 Å². The molecule has 1 aliphatic heterocycles. The summed E-state index contributed by atoms with van der Waals surface area (Å²) in [5.74, 6) is -1.17. The molecule has 0 saturated carbocycles. The molecule has 2 amide bonds. The van der Waals surface area contributed by atoms with Gasteiger partial charge in [-0.15, -0.1) is 15.6 Å². The molecular weight excluding hydrogens is 535 g/mol. The van der Waals surface area contributed by atoms with Gasteiger partial charge in [0.25, 0.3) is 10.0 Å². The molecule has 1 atom stereocenters. The van der Waals surface area contributed by atoms with E-state index in [1.807, 2.05) is 4.90 Å². The zero-order chi connectivity index (χ0) is 28.6. The van der Waals surface area contributed by atoms with Crippen LogP contribution in [0.1, 0.15) is 53.5 Å². The molecule has 1 unspecified atom stereocenters. The maximum atomic E-state index is 15.7. The van der Waals surface area contributed by atoms with Crippen LogP contribution in [0.5, 0.6) is 0 Å². The lowest BCUT2D eigenvalue weighted by Crippen LogP contribution is -2.41. The highest BCUT2D eigenvalue weighted by atomic mass is 32.2. The normalized spacial score (nSPS) is 16.3. The smallest absolute Gasteiger partial charge is 0.430 e. The van der Waals surface area contributed by atoms with Crippen molar-refractivity contribution in [2.45, 2.75) is 77.0 Å². The van der Waals surface area contributed by atoms with Gasteiger partial charge in [0, 0.05) is 42.8 Å². The Labute approximate surface area is 227 Å². The van der Waals surface area contributed by atoms with E-state index in [0.717, 1.165) is 17.4 Å². The maximum absolute atomic E-state index is 15.7. The van der Waals surface area contributed by atoms with Crippen LogP contribution in [-0.2, 0) is 19.5 Å². The number of likely N-dealkylation sites (N-methyl/N-ethyl adjacent to an activating group) is 1. The minimum absolute atomic E-state index is 0.0895. The van der Waals surface area contributed by atoms with Gasteiger partial charge in [-0.2, -0.15) is 0 Å². The fourth-order valence-electron chi connectivity index (χ4n) is 4.00. The van der Waals surface area contributed by atoms with Gasteiger partial charge in [-0.1, -0.05) is 0 Å². The summed E-state index contributed by atoms with van der Waals surface area (Å²) < 4.78 is 54.0. The van der Waals surface area contributed by atoms with Crippen LogP contribution >= 0.6 is 11.3 Å². The van der Waals surface area contributed by atoms with Gasteiger partial charge < -0.3 is 19.3 Å². The standard InChI is InChI=1S/C25H35FN4O6S2/c1-16-18(28(8)17-11-12-29(13-17)22(31)35-24(2,3)4)9-10-19(21(16)26)38(33,34)30(20-14-37-15-27-20)23(32)36-25(5,6)7/h9-10,14-15,17H,11-13H2,1-8H3. The highest BCUT2D eigenvalue weighted by molar-refractivity contribution is 7.93. The Balaban J connectivity index is 1.90. The lowest BCUT2D eigenvalue weighted by Gasteiger charge is -2.30. The summed E-state index contributed by atoms with van der Waals surface area (Å²) in [5.41, 5.74) is 0.315. The topological polar surface area (TPSA) is 109 Å². The zero-order valence-corrected chi connectivity index (χ0v) is 24.6. The van der Waals surface area contributed by atoms with Gasteiger partial charge in [0.1, 0.15) is 21.9 Å². The number of sulfonamides is 1. The highest BCUT2D eigenvalue weighted by Crippen LogP contribution is 2.33. The van der Waals surface area contributed by atoms with Gasteiger partial charge in [-0.3, -0.25) is 0 Å². The Bertz CT molecular complexity index is 1290. The van der Waals surface area contributed by atoms with E-state index < -0.39 is 44.1 Å². The first-order valence-corrected chi connectivity index (χ1v) is 14.5. The first-order chi connectivity index (χ1) is 17.4. The fourth-order valence-corrected chi connectivity index (χ4v) is 5.98. The van der Waals surface area contributed by atoms with Gasteiger partial charge in [-0.05, 0) is 67.0 Å². The number of nitrogens with zero attached hydrogens (tertiary/aromatic N) is 4. The summed E-state index contributed by atoms with van der Waals surface area (Å²) in [5, 5.41) is 1.37. The summed E-state index contributed by atoms with van der Waals surface area (Å²) in [4.78, 5) is 32.1. The van der Waals surface area contributed by atoms with E-state index in [9.17, 15) is 18.0 Å². The van der Waals surface area contributed by atoms with E-state index in [4.69, 9.17) is 9.47 Å². The molecule has 0 spiro atoms. The molecule has 3 rings (SSSR count). The number of thiazole rings is 1. The Morgan fingerprint density at radius 2 is 1.76 bits per heavy atom. The van der Waals surface area contributed by atoms with Crippen molar-refractivity contribution in [2.24, 2.45) is 0 Å². The van der Waals surface area contributed by atoms with E-state index in [1.165, 1.54) is 23.9 Å². The average Bonchev–Trinajstić information content (AvgIpc) is 3.45. The number of hydrogen-bond acceptors (Lipinski definition) is 9. The number of carbonyl (C=O) groups excluding carboxylic acids is 2. The summed E-state index contributed by atoms with van der Waals surface area (Å²) in [7, 11) is -2.94. The number of aromatic nitrogens is 1. The molecule has 0 N–H and O–H groups in total. The number of hydrogen-bond donors (Lipinski definition) is 0. The third kappa shape index (κ3) is 6.55. The van der Waals surface area contributed by atoms with E-state index >= 15 is 4.39 Å². The first-order valence-electron chi connectivity index (χ1n) is 12.1. The molecule has 1 aliphatic rings. The number of amides is 2. The lowest BCUT2D eigenvalue weighted by atomic mass is 10.1. The summed E-state index contributed by atoms with van der Waals surface area (Å²) in [6, 6.07) is 2.50. The molecule has 0 bridgehead atoms. The molecule has 38 heavy (non-hydrogen) atoms. The molecule has 2 aromatic rings. The monoisotopic (exact) mass is 570 g/mol. The Morgan fingerprint density at radius 3 is 2.32 bits per heavy atom. The lowest BCUT2D eigenvalue weighted by molar-refractivity contribution is 0.0292. The molecule has 210 valence electrons. The average molecular weight is 571 g/mol. The van der Waals surface area contributed by atoms with Crippen molar-refractivity contribution in [1.82, 2.24) is 9.88 Å².